The van der Waals surface area contributed by atoms with E-state index < -0.39 is 18.6 Å². The summed E-state index contributed by atoms with van der Waals surface area (Å²) < 4.78 is 25.3. The lowest BCUT2D eigenvalue weighted by Crippen LogP contribution is -1.99. The Morgan fingerprint density at radius 2 is 2.42 bits per heavy atom. The van der Waals surface area contributed by atoms with Gasteiger partial charge in [0.25, 0.3) is 0 Å². The third-order valence-electron chi connectivity index (χ3n) is 1.31. The summed E-state index contributed by atoms with van der Waals surface area (Å²) in [6, 6.07) is 8.28. The highest BCUT2D eigenvalue weighted by molar-refractivity contribution is 5.81. The Hall–Kier alpha value is -1.57. The fourth-order valence-electron chi connectivity index (χ4n) is 0.759. The average molecular weight is 165 g/mol. The van der Waals surface area contributed by atoms with Crippen LogP contribution in [0.1, 0.15) is 9.68 Å². The molecule has 1 aromatic rings. The van der Waals surface area contributed by atoms with Crippen LogP contribution >= 0.6 is 0 Å². The first-order valence-corrected chi connectivity index (χ1v) is 3.46. The Morgan fingerprint density at radius 1 is 1.67 bits per heavy atom. The molecule has 62 valence electrons. The first-order valence-electron chi connectivity index (χ1n) is 4.96. The summed E-state index contributed by atoms with van der Waals surface area (Å²) in [7, 11) is 0. The van der Waals surface area contributed by atoms with Crippen LogP contribution in [0, 0.1) is 0 Å². The van der Waals surface area contributed by atoms with Crippen LogP contribution in [0.2, 0.25) is 0 Å². The monoisotopic (exact) mass is 165 g/mol. The summed E-state index contributed by atoms with van der Waals surface area (Å²) in [5.41, 5.74) is 0.801. The number of carbonyl (C=O) groups excluding carboxylic acids is 1. The van der Waals surface area contributed by atoms with E-state index in [1.54, 1.807) is 24.3 Å². The number of benzene rings is 1. The lowest BCUT2D eigenvalue weighted by Gasteiger charge is -2.00. The average Bonchev–Trinajstić information content (AvgIpc) is 2.26. The molecule has 0 aliphatic carbocycles. The zero-order valence-electron chi connectivity index (χ0n) is 9.41. The molecule has 0 bridgehead atoms. The molecule has 0 spiro atoms. The Balaban J connectivity index is 2.52. The van der Waals surface area contributed by atoms with Gasteiger partial charge in [-0.25, -0.2) is 4.79 Å². The molecule has 1 rings (SSSR count). The molecule has 0 aliphatic rings. The zero-order chi connectivity index (χ0) is 11.3. The third kappa shape index (κ3) is 2.58. The van der Waals surface area contributed by atoms with Crippen molar-refractivity contribution in [2.45, 2.75) is 6.61 Å². The lowest BCUT2D eigenvalue weighted by atomic mass is 10.2. The van der Waals surface area contributed by atoms with Crippen molar-refractivity contribution in [2.75, 3.05) is 0 Å². The fraction of sp³-hybridized carbons (Fsp3) is 0.100. The molecule has 2 nitrogen and oxygen atoms in total. The SMILES string of the molecule is [2H]C([2H])=C([2H])C(=O)OCc1ccccc1. The van der Waals surface area contributed by atoms with E-state index in [9.17, 15) is 4.79 Å². The summed E-state index contributed by atoms with van der Waals surface area (Å²) in [6.45, 7) is -0.789. The fourth-order valence-corrected chi connectivity index (χ4v) is 0.759. The molecule has 2 heteroatoms. The highest BCUT2D eigenvalue weighted by atomic mass is 16.5. The maximum Gasteiger partial charge on any atom is 0.330 e. The molecule has 0 amide bonds. The van der Waals surface area contributed by atoms with Crippen LogP contribution in [-0.4, -0.2) is 5.97 Å². The second-order valence-corrected chi connectivity index (χ2v) is 2.19. The van der Waals surface area contributed by atoms with Gasteiger partial charge in [-0.1, -0.05) is 36.9 Å². The second-order valence-electron chi connectivity index (χ2n) is 2.19. The molecule has 12 heavy (non-hydrogen) atoms. The molecule has 0 unspecified atom stereocenters. The van der Waals surface area contributed by atoms with Crippen molar-refractivity contribution in [3.63, 3.8) is 0 Å². The molecule has 1 aromatic carbocycles. The van der Waals surface area contributed by atoms with E-state index in [-0.39, 0.29) is 6.61 Å². The molecule has 0 saturated heterocycles. The van der Waals surface area contributed by atoms with Gasteiger partial charge in [-0.05, 0) is 5.56 Å². The maximum absolute atomic E-state index is 11.1. The number of ether oxygens (including phenoxy) is 1. The molecule has 0 radical (unpaired) electrons. The van der Waals surface area contributed by atoms with Gasteiger partial charge in [0.2, 0.25) is 0 Å². The van der Waals surface area contributed by atoms with Crippen LogP contribution in [0.25, 0.3) is 0 Å². The molecule has 0 aromatic heterocycles. The minimum atomic E-state index is -0.946. The summed E-state index contributed by atoms with van der Waals surface area (Å²) in [5, 5.41) is 0. The standard InChI is InChI=1S/C10H10O2/c1-2-10(11)12-8-9-6-4-3-5-7-9/h2-7H,1,8H2/i1D2,2D. The van der Waals surface area contributed by atoms with E-state index in [1.807, 2.05) is 6.07 Å². The Labute approximate surface area is 75.7 Å². The summed E-state index contributed by atoms with van der Waals surface area (Å²) >= 11 is 0. The Morgan fingerprint density at radius 3 is 3.08 bits per heavy atom. The molecule has 0 atom stereocenters. The van der Waals surface area contributed by atoms with Gasteiger partial charge < -0.3 is 4.74 Å². The minimum absolute atomic E-state index is 0.0509. The predicted molar refractivity (Wildman–Crippen MR) is 46.4 cm³/mol. The first-order chi connectivity index (χ1) is 7.11. The number of rotatable bonds is 3. The van der Waals surface area contributed by atoms with Crippen LogP contribution in [-0.2, 0) is 16.1 Å². The molecule has 0 fully saturated rings. The van der Waals surface area contributed by atoms with Gasteiger partial charge >= 0.3 is 5.97 Å². The van der Waals surface area contributed by atoms with Gasteiger partial charge in [-0.3, -0.25) is 0 Å². The summed E-state index contributed by atoms with van der Waals surface area (Å²) in [5.74, 6) is -0.946. The van der Waals surface area contributed by atoms with E-state index in [4.69, 9.17) is 8.85 Å². The quantitative estimate of drug-likeness (QED) is 0.505. The molecule has 0 saturated carbocycles. The van der Waals surface area contributed by atoms with Gasteiger partial charge in [-0.2, -0.15) is 0 Å². The van der Waals surface area contributed by atoms with Crippen molar-refractivity contribution in [2.24, 2.45) is 0 Å². The largest absolute Gasteiger partial charge is 0.458 e. The Bertz CT molecular complexity index is 370. The highest BCUT2D eigenvalue weighted by Gasteiger charge is 1.95. The lowest BCUT2D eigenvalue weighted by molar-refractivity contribution is -0.138. The summed E-state index contributed by atoms with van der Waals surface area (Å²) in [6.07, 6.45) is 0. The van der Waals surface area contributed by atoms with Crippen molar-refractivity contribution < 1.29 is 13.6 Å². The molecular formula is C10H10O2. The molecular weight excluding hydrogens is 152 g/mol. The van der Waals surface area contributed by atoms with E-state index in [1.165, 1.54) is 0 Å². The summed E-state index contributed by atoms with van der Waals surface area (Å²) in [4.78, 5) is 11.1. The van der Waals surface area contributed by atoms with Gasteiger partial charge in [0.05, 0.1) is 4.11 Å². The van der Waals surface area contributed by atoms with Crippen LogP contribution in [0.3, 0.4) is 0 Å². The van der Waals surface area contributed by atoms with Crippen molar-refractivity contribution >= 4 is 5.97 Å². The van der Waals surface area contributed by atoms with Crippen molar-refractivity contribution in [3.8, 4) is 0 Å². The van der Waals surface area contributed by atoms with E-state index in [2.05, 4.69) is 0 Å². The number of hydrogen-bond donors (Lipinski definition) is 0. The zero-order valence-corrected chi connectivity index (χ0v) is 6.41. The Kier molecular flexibility index (Phi) is 1.86. The molecule has 0 N–H and O–H groups in total. The highest BCUT2D eigenvalue weighted by Crippen LogP contribution is 2.00. The van der Waals surface area contributed by atoms with Crippen LogP contribution < -0.4 is 0 Å². The van der Waals surface area contributed by atoms with Crippen molar-refractivity contribution in [3.05, 3.63) is 48.5 Å². The van der Waals surface area contributed by atoms with E-state index >= 15 is 0 Å². The molecule has 0 heterocycles. The van der Waals surface area contributed by atoms with Crippen LogP contribution in [0.4, 0.5) is 0 Å². The van der Waals surface area contributed by atoms with Gasteiger partial charge in [0.1, 0.15) is 6.61 Å². The van der Waals surface area contributed by atoms with Crippen LogP contribution in [0.15, 0.2) is 42.9 Å². The number of esters is 1. The smallest absolute Gasteiger partial charge is 0.330 e. The topological polar surface area (TPSA) is 26.3 Å². The van der Waals surface area contributed by atoms with E-state index in [0.717, 1.165) is 5.56 Å². The minimum Gasteiger partial charge on any atom is -0.458 e. The molecule has 0 aliphatic heterocycles. The van der Waals surface area contributed by atoms with Gasteiger partial charge in [-0.15, -0.1) is 0 Å². The van der Waals surface area contributed by atoms with Crippen molar-refractivity contribution in [1.82, 2.24) is 0 Å². The van der Waals surface area contributed by atoms with Gasteiger partial charge in [0, 0.05) is 6.05 Å². The normalized spacial score (nSPS) is 12.2. The van der Waals surface area contributed by atoms with Gasteiger partial charge in [0.15, 0.2) is 0 Å². The number of hydrogen-bond acceptors (Lipinski definition) is 2. The third-order valence-corrected chi connectivity index (χ3v) is 1.31. The predicted octanol–water partition coefficient (Wildman–Crippen LogP) is 1.92. The van der Waals surface area contributed by atoms with Crippen LogP contribution in [0.5, 0.6) is 0 Å². The van der Waals surface area contributed by atoms with E-state index in [0.29, 0.717) is 0 Å². The maximum atomic E-state index is 11.1. The first kappa shape index (κ1) is 5.14. The number of carbonyl (C=O) groups is 1. The van der Waals surface area contributed by atoms with Crippen molar-refractivity contribution in [1.29, 1.82) is 0 Å². The second kappa shape index (κ2) is 4.34.